The maximum atomic E-state index is 9.36. The number of nitrogens with zero attached hydrogens (tertiary/aromatic N) is 1. The Morgan fingerprint density at radius 3 is 2.14 bits per heavy atom. The van der Waals surface area contributed by atoms with Gasteiger partial charge < -0.3 is 5.73 Å². The summed E-state index contributed by atoms with van der Waals surface area (Å²) in [6.07, 6.45) is 0. The standard InChI is InChI=1S/C9H14N2O.C2H6/c1-8-2-4-9(5-3-8)11(12)7-6-10;1-2/h2-5,12H,6-7,10H2,1H3;1-2H3. The topological polar surface area (TPSA) is 49.5 Å². The molecule has 0 radical (unpaired) electrons. The van der Waals surface area contributed by atoms with Crippen molar-refractivity contribution in [2.24, 2.45) is 5.73 Å². The largest absolute Gasteiger partial charge is 0.329 e. The molecule has 3 heteroatoms. The van der Waals surface area contributed by atoms with Gasteiger partial charge in [-0.3, -0.25) is 10.3 Å². The zero-order valence-electron chi connectivity index (χ0n) is 9.20. The molecule has 0 bridgehead atoms. The van der Waals surface area contributed by atoms with Crippen molar-refractivity contribution in [2.45, 2.75) is 20.8 Å². The number of aryl methyl sites for hydroxylation is 1. The average molecular weight is 196 g/mol. The third-order valence-corrected chi connectivity index (χ3v) is 1.67. The summed E-state index contributed by atoms with van der Waals surface area (Å²) >= 11 is 0. The van der Waals surface area contributed by atoms with Gasteiger partial charge in [0.1, 0.15) is 0 Å². The van der Waals surface area contributed by atoms with E-state index in [0.29, 0.717) is 13.1 Å². The van der Waals surface area contributed by atoms with Crippen molar-refractivity contribution in [3.63, 3.8) is 0 Å². The molecular formula is C11H20N2O. The molecular weight excluding hydrogens is 176 g/mol. The van der Waals surface area contributed by atoms with E-state index >= 15 is 0 Å². The fourth-order valence-electron chi connectivity index (χ4n) is 0.968. The Balaban J connectivity index is 0.000000791. The fourth-order valence-corrected chi connectivity index (χ4v) is 0.968. The molecule has 0 heterocycles. The van der Waals surface area contributed by atoms with E-state index in [-0.39, 0.29) is 0 Å². The number of rotatable bonds is 3. The molecule has 0 aliphatic rings. The van der Waals surface area contributed by atoms with Gasteiger partial charge in [0, 0.05) is 6.54 Å². The van der Waals surface area contributed by atoms with Crippen LogP contribution in [0.25, 0.3) is 0 Å². The average Bonchev–Trinajstić information content (AvgIpc) is 2.22. The van der Waals surface area contributed by atoms with E-state index in [9.17, 15) is 5.21 Å². The first kappa shape index (κ1) is 12.9. The molecule has 0 saturated heterocycles. The number of hydroxylamine groups is 1. The SMILES string of the molecule is CC.Cc1ccc(N(O)CCN)cc1. The van der Waals surface area contributed by atoms with Crippen LogP contribution in [0.2, 0.25) is 0 Å². The van der Waals surface area contributed by atoms with Crippen molar-refractivity contribution in [3.05, 3.63) is 29.8 Å². The summed E-state index contributed by atoms with van der Waals surface area (Å²) in [6, 6.07) is 7.64. The lowest BCUT2D eigenvalue weighted by molar-refractivity contribution is 0.257. The second-order valence-electron chi connectivity index (χ2n) is 2.75. The van der Waals surface area contributed by atoms with Gasteiger partial charge >= 0.3 is 0 Å². The number of hydrogen-bond donors (Lipinski definition) is 2. The third-order valence-electron chi connectivity index (χ3n) is 1.67. The van der Waals surface area contributed by atoms with E-state index < -0.39 is 0 Å². The highest BCUT2D eigenvalue weighted by Crippen LogP contribution is 2.11. The molecule has 0 spiro atoms. The number of benzene rings is 1. The van der Waals surface area contributed by atoms with Crippen LogP contribution in [0.15, 0.2) is 24.3 Å². The molecule has 0 aromatic heterocycles. The van der Waals surface area contributed by atoms with Crippen molar-refractivity contribution in [2.75, 3.05) is 18.2 Å². The van der Waals surface area contributed by atoms with Crippen molar-refractivity contribution >= 4 is 5.69 Å². The smallest absolute Gasteiger partial charge is 0.0634 e. The van der Waals surface area contributed by atoms with Crippen LogP contribution < -0.4 is 10.8 Å². The molecule has 3 nitrogen and oxygen atoms in total. The number of anilines is 1. The summed E-state index contributed by atoms with van der Waals surface area (Å²) in [6.45, 7) is 6.92. The highest BCUT2D eigenvalue weighted by Gasteiger charge is 1.99. The van der Waals surface area contributed by atoms with Crippen molar-refractivity contribution in [3.8, 4) is 0 Å². The number of nitrogens with two attached hydrogens (primary N) is 1. The number of hydrogen-bond acceptors (Lipinski definition) is 3. The first-order valence-corrected chi connectivity index (χ1v) is 4.97. The summed E-state index contributed by atoms with van der Waals surface area (Å²) in [7, 11) is 0. The Bertz CT molecular complexity index is 234. The predicted octanol–water partition coefficient (Wildman–Crippen LogP) is 2.18. The summed E-state index contributed by atoms with van der Waals surface area (Å²) in [5, 5.41) is 10.5. The van der Waals surface area contributed by atoms with Gasteiger partial charge in [-0.1, -0.05) is 31.5 Å². The van der Waals surface area contributed by atoms with Crippen LogP contribution in [0.4, 0.5) is 5.69 Å². The Morgan fingerprint density at radius 2 is 1.71 bits per heavy atom. The zero-order valence-corrected chi connectivity index (χ0v) is 9.20. The van der Waals surface area contributed by atoms with Crippen LogP contribution in [0.1, 0.15) is 19.4 Å². The summed E-state index contributed by atoms with van der Waals surface area (Å²) in [5.41, 5.74) is 7.26. The molecule has 3 N–H and O–H groups in total. The Hall–Kier alpha value is -1.06. The second-order valence-corrected chi connectivity index (χ2v) is 2.75. The first-order valence-electron chi connectivity index (χ1n) is 4.97. The lowest BCUT2D eigenvalue weighted by Crippen LogP contribution is -2.25. The van der Waals surface area contributed by atoms with Crippen LogP contribution in [0.5, 0.6) is 0 Å². The van der Waals surface area contributed by atoms with Gasteiger partial charge in [-0.15, -0.1) is 0 Å². The van der Waals surface area contributed by atoms with Crippen molar-refractivity contribution in [1.29, 1.82) is 0 Å². The molecule has 0 aliphatic heterocycles. The molecule has 80 valence electrons. The monoisotopic (exact) mass is 196 g/mol. The van der Waals surface area contributed by atoms with Gasteiger partial charge in [-0.05, 0) is 19.1 Å². The van der Waals surface area contributed by atoms with Crippen LogP contribution >= 0.6 is 0 Å². The molecule has 1 aromatic carbocycles. The maximum Gasteiger partial charge on any atom is 0.0634 e. The maximum absolute atomic E-state index is 9.36. The highest BCUT2D eigenvalue weighted by atomic mass is 16.5. The Labute approximate surface area is 86.1 Å². The summed E-state index contributed by atoms with van der Waals surface area (Å²) < 4.78 is 0. The molecule has 0 fully saturated rings. The van der Waals surface area contributed by atoms with Crippen LogP contribution in [0, 0.1) is 6.92 Å². The van der Waals surface area contributed by atoms with Gasteiger partial charge in [0.15, 0.2) is 0 Å². The van der Waals surface area contributed by atoms with E-state index in [1.165, 1.54) is 5.56 Å². The van der Waals surface area contributed by atoms with E-state index in [2.05, 4.69) is 0 Å². The molecule has 0 amide bonds. The minimum absolute atomic E-state index is 0.449. The van der Waals surface area contributed by atoms with E-state index in [1.807, 2.05) is 45.0 Å². The van der Waals surface area contributed by atoms with Crippen LogP contribution in [-0.2, 0) is 0 Å². The summed E-state index contributed by atoms with van der Waals surface area (Å²) in [5.74, 6) is 0. The molecule has 0 unspecified atom stereocenters. The molecule has 14 heavy (non-hydrogen) atoms. The van der Waals surface area contributed by atoms with Gasteiger partial charge in [0.2, 0.25) is 0 Å². The molecule has 0 atom stereocenters. The van der Waals surface area contributed by atoms with Crippen LogP contribution in [-0.4, -0.2) is 18.3 Å². The Morgan fingerprint density at radius 1 is 1.21 bits per heavy atom. The van der Waals surface area contributed by atoms with Crippen LogP contribution in [0.3, 0.4) is 0 Å². The minimum Gasteiger partial charge on any atom is -0.329 e. The lowest BCUT2D eigenvalue weighted by atomic mass is 10.2. The Kier molecular flexibility index (Phi) is 6.80. The molecule has 0 aliphatic carbocycles. The van der Waals surface area contributed by atoms with Gasteiger partial charge in [-0.25, -0.2) is 0 Å². The van der Waals surface area contributed by atoms with Crippen molar-refractivity contribution in [1.82, 2.24) is 0 Å². The molecule has 1 aromatic rings. The third kappa shape index (κ3) is 4.25. The highest BCUT2D eigenvalue weighted by molar-refractivity contribution is 5.44. The molecule has 0 saturated carbocycles. The van der Waals surface area contributed by atoms with Crippen molar-refractivity contribution < 1.29 is 5.21 Å². The lowest BCUT2D eigenvalue weighted by Gasteiger charge is -2.15. The first-order chi connectivity index (χ1) is 6.74. The second kappa shape index (κ2) is 7.35. The summed E-state index contributed by atoms with van der Waals surface area (Å²) in [4.78, 5) is 0. The van der Waals surface area contributed by atoms with E-state index in [1.54, 1.807) is 0 Å². The zero-order chi connectivity index (χ0) is 11.0. The van der Waals surface area contributed by atoms with Gasteiger partial charge in [-0.2, -0.15) is 0 Å². The van der Waals surface area contributed by atoms with Gasteiger partial charge in [0.25, 0.3) is 0 Å². The predicted molar refractivity (Wildman–Crippen MR) is 60.7 cm³/mol. The fraction of sp³-hybridized carbons (Fsp3) is 0.455. The molecule has 1 rings (SSSR count). The van der Waals surface area contributed by atoms with Gasteiger partial charge in [0.05, 0.1) is 12.2 Å². The quantitative estimate of drug-likeness (QED) is 0.728. The minimum atomic E-state index is 0.449. The van der Waals surface area contributed by atoms with E-state index in [0.717, 1.165) is 10.8 Å². The van der Waals surface area contributed by atoms with E-state index in [4.69, 9.17) is 5.73 Å². The normalized spacial score (nSPS) is 8.93.